The molecule has 0 aliphatic rings. The monoisotopic (exact) mass is 190 g/mol. The molecule has 1 unspecified atom stereocenters. The Bertz CT molecular complexity index is 117. The molecule has 0 fully saturated rings. The van der Waals surface area contributed by atoms with E-state index in [1.165, 1.54) is 0 Å². The summed E-state index contributed by atoms with van der Waals surface area (Å²) in [4.78, 5) is 0. The van der Waals surface area contributed by atoms with Crippen LogP contribution in [-0.2, 0) is 0 Å². The van der Waals surface area contributed by atoms with Crippen LogP contribution in [0.3, 0.4) is 0 Å². The Morgan fingerprint density at radius 3 is 2.08 bits per heavy atom. The van der Waals surface area contributed by atoms with Crippen LogP contribution in [0.1, 0.15) is 41.0 Å². The summed E-state index contributed by atoms with van der Waals surface area (Å²) in [6, 6.07) is 0. The Kier molecular flexibility index (Phi) is 5.26. The summed E-state index contributed by atoms with van der Waals surface area (Å²) in [7, 11) is 0. The second-order valence-corrected chi connectivity index (χ2v) is 6.40. The van der Waals surface area contributed by atoms with Crippen molar-refractivity contribution in [2.45, 2.75) is 51.0 Å². The van der Waals surface area contributed by atoms with E-state index in [4.69, 9.17) is 0 Å². The molecule has 74 valence electrons. The molecule has 0 aromatic heterocycles. The third kappa shape index (κ3) is 5.04. The molecule has 0 aliphatic carbocycles. The van der Waals surface area contributed by atoms with E-state index in [1.807, 2.05) is 11.8 Å². The predicted octanol–water partition coefficient (Wildman–Crippen LogP) is 2.93. The van der Waals surface area contributed by atoms with E-state index in [2.05, 4.69) is 34.6 Å². The first-order chi connectivity index (χ1) is 5.40. The molecule has 0 amide bonds. The summed E-state index contributed by atoms with van der Waals surface area (Å²) in [6.07, 6.45) is 1.15. The molecule has 0 radical (unpaired) electrons. The minimum absolute atomic E-state index is 0.261. The summed E-state index contributed by atoms with van der Waals surface area (Å²) in [5.74, 6) is 0.610. The summed E-state index contributed by atoms with van der Waals surface area (Å²) in [5.41, 5.74) is 0. The highest BCUT2D eigenvalue weighted by atomic mass is 32.2. The van der Waals surface area contributed by atoms with Crippen molar-refractivity contribution >= 4 is 11.8 Å². The molecule has 12 heavy (non-hydrogen) atoms. The first kappa shape index (κ1) is 12.3. The van der Waals surface area contributed by atoms with Gasteiger partial charge in [-0.3, -0.25) is 0 Å². The molecule has 2 heteroatoms. The van der Waals surface area contributed by atoms with E-state index >= 15 is 0 Å². The van der Waals surface area contributed by atoms with Crippen LogP contribution in [0, 0.1) is 5.92 Å². The molecule has 1 N–H and O–H groups in total. The van der Waals surface area contributed by atoms with Gasteiger partial charge in [0.1, 0.15) is 0 Å². The molecule has 0 bridgehead atoms. The Morgan fingerprint density at radius 1 is 1.33 bits per heavy atom. The minimum atomic E-state index is 0.261. The molecule has 0 saturated heterocycles. The van der Waals surface area contributed by atoms with E-state index in [-0.39, 0.29) is 4.75 Å². The lowest BCUT2D eigenvalue weighted by Gasteiger charge is -2.28. The maximum absolute atomic E-state index is 9.17. The second kappa shape index (κ2) is 5.13. The van der Waals surface area contributed by atoms with E-state index in [9.17, 15) is 5.11 Å². The fourth-order valence-corrected chi connectivity index (χ4v) is 2.46. The van der Waals surface area contributed by atoms with Crippen molar-refractivity contribution in [1.29, 1.82) is 0 Å². The van der Waals surface area contributed by atoms with Crippen molar-refractivity contribution in [2.75, 3.05) is 6.61 Å². The first-order valence-electron chi connectivity index (χ1n) is 4.69. The number of hydrogen-bond donors (Lipinski definition) is 1. The van der Waals surface area contributed by atoms with Crippen LogP contribution in [-0.4, -0.2) is 21.7 Å². The van der Waals surface area contributed by atoms with Gasteiger partial charge in [0.05, 0.1) is 6.61 Å². The van der Waals surface area contributed by atoms with Gasteiger partial charge in [-0.2, -0.15) is 0 Å². The highest BCUT2D eigenvalue weighted by Crippen LogP contribution is 2.32. The number of rotatable bonds is 4. The van der Waals surface area contributed by atoms with Gasteiger partial charge in [-0.1, -0.05) is 41.0 Å². The molecule has 0 heterocycles. The van der Waals surface area contributed by atoms with Crippen LogP contribution in [0.25, 0.3) is 0 Å². The van der Waals surface area contributed by atoms with Gasteiger partial charge in [0.15, 0.2) is 0 Å². The average Bonchev–Trinajstić information content (AvgIpc) is 1.97. The van der Waals surface area contributed by atoms with Gasteiger partial charge >= 0.3 is 0 Å². The second-order valence-electron chi connectivity index (χ2n) is 4.34. The van der Waals surface area contributed by atoms with E-state index < -0.39 is 0 Å². The number of aliphatic hydroxyl groups excluding tert-OH is 1. The van der Waals surface area contributed by atoms with E-state index in [1.54, 1.807) is 0 Å². The zero-order valence-electron chi connectivity index (χ0n) is 8.92. The van der Waals surface area contributed by atoms with Crippen LogP contribution in [0.2, 0.25) is 0 Å². The van der Waals surface area contributed by atoms with Gasteiger partial charge in [-0.15, -0.1) is 11.8 Å². The molecular formula is C10H22OS. The van der Waals surface area contributed by atoms with Crippen LogP contribution in [0.15, 0.2) is 0 Å². The Labute approximate surface area is 80.9 Å². The zero-order chi connectivity index (χ0) is 9.78. The Hall–Kier alpha value is 0.310. The largest absolute Gasteiger partial charge is 0.395 e. The van der Waals surface area contributed by atoms with Crippen LogP contribution < -0.4 is 0 Å². The lowest BCUT2D eigenvalue weighted by molar-refractivity contribution is 0.267. The Morgan fingerprint density at radius 2 is 1.83 bits per heavy atom. The van der Waals surface area contributed by atoms with Gasteiger partial charge in [0, 0.05) is 10.00 Å². The smallest absolute Gasteiger partial charge is 0.0552 e. The fraction of sp³-hybridized carbons (Fsp3) is 1.00. The SMILES string of the molecule is CCC(C)[C@@H](CO)SC(C)(C)C. The summed E-state index contributed by atoms with van der Waals surface area (Å²) < 4.78 is 0.261. The average molecular weight is 190 g/mol. The number of thioether (sulfide) groups is 1. The van der Waals surface area contributed by atoms with Gasteiger partial charge < -0.3 is 5.11 Å². The van der Waals surface area contributed by atoms with Crippen LogP contribution >= 0.6 is 11.8 Å². The summed E-state index contributed by atoms with van der Waals surface area (Å²) in [6.45, 7) is 11.3. The normalized spacial score (nSPS) is 17.5. The molecule has 0 aliphatic heterocycles. The van der Waals surface area contributed by atoms with Gasteiger partial charge in [-0.25, -0.2) is 0 Å². The third-order valence-electron chi connectivity index (χ3n) is 1.96. The highest BCUT2D eigenvalue weighted by Gasteiger charge is 2.22. The first-order valence-corrected chi connectivity index (χ1v) is 5.57. The minimum Gasteiger partial charge on any atom is -0.395 e. The highest BCUT2D eigenvalue weighted by molar-refractivity contribution is 8.01. The van der Waals surface area contributed by atoms with E-state index in [0.717, 1.165) is 6.42 Å². The van der Waals surface area contributed by atoms with Crippen molar-refractivity contribution in [3.05, 3.63) is 0 Å². The number of aliphatic hydroxyl groups is 1. The topological polar surface area (TPSA) is 20.2 Å². The predicted molar refractivity (Wildman–Crippen MR) is 57.7 cm³/mol. The van der Waals surface area contributed by atoms with Crippen molar-refractivity contribution in [1.82, 2.24) is 0 Å². The van der Waals surface area contributed by atoms with Crippen molar-refractivity contribution < 1.29 is 5.11 Å². The maximum atomic E-state index is 9.17. The van der Waals surface area contributed by atoms with Gasteiger partial charge in [0.25, 0.3) is 0 Å². The zero-order valence-corrected chi connectivity index (χ0v) is 9.74. The van der Waals surface area contributed by atoms with E-state index in [0.29, 0.717) is 17.8 Å². The molecule has 0 aromatic rings. The maximum Gasteiger partial charge on any atom is 0.0552 e. The molecule has 0 rings (SSSR count). The van der Waals surface area contributed by atoms with Crippen LogP contribution in [0.4, 0.5) is 0 Å². The summed E-state index contributed by atoms with van der Waals surface area (Å²) in [5, 5.41) is 9.57. The molecule has 2 atom stereocenters. The molecule has 1 nitrogen and oxygen atoms in total. The van der Waals surface area contributed by atoms with Crippen molar-refractivity contribution in [3.63, 3.8) is 0 Å². The Balaban J connectivity index is 3.99. The molecule has 0 saturated carbocycles. The van der Waals surface area contributed by atoms with Crippen molar-refractivity contribution in [2.24, 2.45) is 5.92 Å². The summed E-state index contributed by atoms with van der Waals surface area (Å²) >= 11 is 1.88. The van der Waals surface area contributed by atoms with Gasteiger partial charge in [-0.05, 0) is 5.92 Å². The molecular weight excluding hydrogens is 168 g/mol. The van der Waals surface area contributed by atoms with Gasteiger partial charge in [0.2, 0.25) is 0 Å². The lowest BCUT2D eigenvalue weighted by Crippen LogP contribution is -2.24. The van der Waals surface area contributed by atoms with Crippen molar-refractivity contribution in [3.8, 4) is 0 Å². The molecule has 0 spiro atoms. The van der Waals surface area contributed by atoms with Crippen LogP contribution in [0.5, 0.6) is 0 Å². The lowest BCUT2D eigenvalue weighted by atomic mass is 10.1. The fourth-order valence-electron chi connectivity index (χ4n) is 1.05. The third-order valence-corrected chi connectivity index (χ3v) is 3.59. The quantitative estimate of drug-likeness (QED) is 0.735. The standard InChI is InChI=1S/C10H22OS/c1-6-8(2)9(7-11)12-10(3,4)5/h8-9,11H,6-7H2,1-5H3/t8?,9-/m1/s1. The number of hydrogen-bond acceptors (Lipinski definition) is 2. The molecule has 0 aromatic carbocycles.